The number of nitrogens with one attached hydrogen (secondary N) is 4. The van der Waals surface area contributed by atoms with E-state index in [-0.39, 0.29) is 16.6 Å². The van der Waals surface area contributed by atoms with Crippen LogP contribution >= 0.6 is 68.0 Å². The molecule has 12 aromatic rings. The van der Waals surface area contributed by atoms with Crippen molar-refractivity contribution < 1.29 is 0 Å². The third-order valence-corrected chi connectivity index (χ3v) is 23.6. The van der Waals surface area contributed by atoms with Crippen LogP contribution in [0.3, 0.4) is 0 Å². The lowest BCUT2D eigenvalue weighted by atomic mass is 9.79. The highest BCUT2D eigenvalue weighted by atomic mass is 32.1. The van der Waals surface area contributed by atoms with Crippen LogP contribution in [0.15, 0.2) is 85.1 Å². The molecule has 3 aliphatic rings. The molecule has 0 bridgehead atoms. The lowest BCUT2D eigenvalue weighted by molar-refractivity contribution is 0.161. The van der Waals surface area contributed by atoms with Gasteiger partial charge >= 0.3 is 0 Å². The van der Waals surface area contributed by atoms with Crippen molar-refractivity contribution in [2.45, 2.75) is 121 Å². The molecule has 15 rings (SSSR count). The minimum atomic E-state index is -0.180. The number of H-pyrrole nitrogens is 3. The Morgan fingerprint density at radius 1 is 0.500 bits per heavy atom. The number of anilines is 3. The number of aromatic nitrogens is 17. The van der Waals surface area contributed by atoms with E-state index >= 15 is 0 Å². The van der Waals surface area contributed by atoms with Crippen molar-refractivity contribution in [2.24, 2.45) is 0 Å². The summed E-state index contributed by atoms with van der Waals surface area (Å²) in [4.78, 5) is 76.9. The summed E-state index contributed by atoms with van der Waals surface area (Å²) in [5.74, 6) is 0. The highest BCUT2D eigenvalue weighted by molar-refractivity contribution is 7.30. The van der Waals surface area contributed by atoms with Crippen LogP contribution in [0, 0.1) is 0 Å². The van der Waals surface area contributed by atoms with Crippen molar-refractivity contribution in [3.63, 3.8) is 0 Å². The van der Waals surface area contributed by atoms with E-state index in [2.05, 4.69) is 168 Å². The smallest absolute Gasteiger partial charge is 0.260 e. The molecule has 0 saturated carbocycles. The van der Waals surface area contributed by atoms with E-state index in [0.717, 1.165) is 139 Å². The summed E-state index contributed by atoms with van der Waals surface area (Å²) in [5, 5.41) is 29.4. The second-order valence-corrected chi connectivity index (χ2v) is 30.6. The Balaban J connectivity index is 0.000000124. The fourth-order valence-electron chi connectivity index (χ4n) is 12.1. The zero-order chi connectivity index (χ0) is 62.6. The molecule has 0 spiro atoms. The maximum Gasteiger partial charge on any atom is 0.260 e. The van der Waals surface area contributed by atoms with Crippen molar-refractivity contribution in [3.05, 3.63) is 90.7 Å². The monoisotopic (exact) mass is 1320 g/mol. The first-order valence-corrected chi connectivity index (χ1v) is 34.7. The van der Waals surface area contributed by atoms with Crippen molar-refractivity contribution in [1.29, 1.82) is 0 Å². The lowest BCUT2D eigenvalue weighted by Gasteiger charge is -2.48. The summed E-state index contributed by atoms with van der Waals surface area (Å²) in [7, 11) is 10.8. The van der Waals surface area contributed by atoms with Crippen LogP contribution in [-0.2, 0) is 0 Å². The van der Waals surface area contributed by atoms with Gasteiger partial charge in [0.15, 0.2) is 44.4 Å². The molecule has 0 aromatic carbocycles. The van der Waals surface area contributed by atoms with Crippen molar-refractivity contribution in [3.8, 4) is 60.2 Å². The van der Waals surface area contributed by atoms with Crippen LogP contribution in [0.1, 0.15) is 80.1 Å². The van der Waals surface area contributed by atoms with Gasteiger partial charge in [0.25, 0.3) is 5.56 Å². The van der Waals surface area contributed by atoms with Gasteiger partial charge in [-0.1, -0.05) is 74.1 Å². The van der Waals surface area contributed by atoms with Gasteiger partial charge in [0.1, 0.15) is 22.0 Å². The average molecular weight is 1320 g/mol. The van der Waals surface area contributed by atoms with E-state index in [4.69, 9.17) is 24.9 Å². The van der Waals surface area contributed by atoms with Gasteiger partial charge in [-0.3, -0.25) is 30.1 Å². The Morgan fingerprint density at radius 2 is 0.967 bits per heavy atom. The number of pyridine rings is 1. The first kappa shape index (κ1) is 61.4. The Morgan fingerprint density at radius 3 is 1.43 bits per heavy atom. The first-order chi connectivity index (χ1) is 43.3. The maximum atomic E-state index is 12.6. The number of likely N-dealkylation sites (tertiary alicyclic amines) is 2. The van der Waals surface area contributed by atoms with Gasteiger partial charge in [-0.25, -0.2) is 44.4 Å². The molecule has 15 heterocycles. The number of nitrogens with zero attached hydrogens (tertiary/aromatic N) is 19. The third kappa shape index (κ3) is 13.2. The largest absolute Gasteiger partial charge is 0.348 e. The van der Waals surface area contributed by atoms with Gasteiger partial charge in [-0.15, -0.1) is 0 Å². The number of rotatable bonds is 12. The normalized spacial score (nSPS) is 19.6. The van der Waals surface area contributed by atoms with Crippen LogP contribution in [0.2, 0.25) is 0 Å². The second kappa shape index (κ2) is 25.3. The average Bonchev–Trinajstić information content (AvgIpc) is 1.76. The molecule has 4 N–H and O–H groups in total. The van der Waals surface area contributed by atoms with E-state index in [9.17, 15) is 4.79 Å². The zero-order valence-corrected chi connectivity index (χ0v) is 56.8. The molecule has 90 heavy (non-hydrogen) atoms. The summed E-state index contributed by atoms with van der Waals surface area (Å²) in [6.07, 6.45) is 24.2. The molecule has 4 atom stereocenters. The molecular formula is C60H71N23OS6. The van der Waals surface area contributed by atoms with E-state index in [1.54, 1.807) is 100 Å². The first-order valence-electron chi connectivity index (χ1n) is 29.8. The van der Waals surface area contributed by atoms with E-state index in [1.165, 1.54) is 34.7 Å². The van der Waals surface area contributed by atoms with Gasteiger partial charge < -0.3 is 29.8 Å². The molecule has 0 amide bonds. The Bertz CT molecular complexity index is 4300. The standard InChI is InChI=1S/C22H27N7S2.C19H22N8OS2.C19H22N8S2/c1-21(2)8-15(9-22(3,4)28-21)29(5)20-27-19-18(31-20)26-17(30-19)16-7-6-13(10-23-16)14-11-24-25-12-14;1-11-6-13(4-5-25(11)2)26(3)18-23-16-17(29-18)24-19(30-16)27-10-20-14(7-15(27)28)12-8-21-22-9-12;1-11-6-13(4-5-26(11)2)27(3)19-25-18-17(29-19)24-16(28-18)15-10-20-14(9-21-15)12-7-22-23-8-12/h6-7,10-12,15,28H,8-9H2,1-5H3,(H,24,25);7-11,13H,4-6H2,1-3H3,(H,21,22);7-11,13H,4-6H2,1-3H3,(H,22,23). The minimum Gasteiger partial charge on any atom is -0.348 e. The van der Waals surface area contributed by atoms with Gasteiger partial charge in [-0.2, -0.15) is 15.3 Å². The topological polar surface area (TPSA) is 265 Å². The highest BCUT2D eigenvalue weighted by Crippen LogP contribution is 2.41. The minimum absolute atomic E-state index is 0.106. The number of fused-ring (bicyclic) bond motifs is 3. The van der Waals surface area contributed by atoms with Crippen molar-refractivity contribution in [2.75, 3.05) is 63.0 Å². The fourth-order valence-corrected chi connectivity index (χ4v) is 18.2. The third-order valence-electron chi connectivity index (χ3n) is 17.2. The SMILES string of the molecule is CC1CC(N(C)c2nc3sc(-c4cnc(-c5cn[nH]c5)cn4)nc3s2)CCN1C.CC1CC(N(C)c2nc3sc(-n4cnc(-c5cn[nH]c5)cc4=O)nc3s2)CCN1C.CN(c1nc2sc(-c3ccc(-c4cn[nH]c4)cn3)nc2s1)C1CC(C)(C)NC(C)(C)C1. The lowest BCUT2D eigenvalue weighted by Crippen LogP contribution is -2.61. The molecule has 24 nitrogen and oxygen atoms in total. The fraction of sp³-hybridized carbons (Fsp3) is 0.433. The molecule has 468 valence electrons. The Hall–Kier alpha value is -7.42. The summed E-state index contributed by atoms with van der Waals surface area (Å²) in [5.41, 5.74) is 6.80. The van der Waals surface area contributed by atoms with E-state index < -0.39 is 0 Å². The van der Waals surface area contributed by atoms with Gasteiger partial charge in [0, 0.05) is 129 Å². The molecule has 0 radical (unpaired) electrons. The number of hydrogen-bond acceptors (Lipinski definition) is 26. The summed E-state index contributed by atoms with van der Waals surface area (Å²) >= 11 is 9.49. The summed E-state index contributed by atoms with van der Waals surface area (Å²) < 4.78 is 1.46. The molecule has 30 heteroatoms. The molecule has 12 aromatic heterocycles. The molecule has 0 aliphatic carbocycles. The van der Waals surface area contributed by atoms with Crippen LogP contribution < -0.4 is 25.6 Å². The quantitative estimate of drug-likeness (QED) is 0.0885. The zero-order valence-electron chi connectivity index (χ0n) is 51.9. The predicted octanol–water partition coefficient (Wildman–Crippen LogP) is 11.1. The number of aromatic amines is 3. The maximum absolute atomic E-state index is 12.6. The van der Waals surface area contributed by atoms with Gasteiger partial charge in [0.05, 0.1) is 48.1 Å². The summed E-state index contributed by atoms with van der Waals surface area (Å²) in [6, 6.07) is 8.19. The van der Waals surface area contributed by atoms with Crippen LogP contribution in [0.4, 0.5) is 15.4 Å². The molecule has 3 aliphatic heterocycles. The van der Waals surface area contributed by atoms with Crippen molar-refractivity contribution >= 4 is 112 Å². The number of piperidine rings is 3. The summed E-state index contributed by atoms with van der Waals surface area (Å²) in [6.45, 7) is 15.9. The van der Waals surface area contributed by atoms with Gasteiger partial charge in [-0.05, 0) is 100 Å². The molecule has 3 fully saturated rings. The number of hydrogen-bond donors (Lipinski definition) is 4. The Kier molecular flexibility index (Phi) is 17.3. The van der Waals surface area contributed by atoms with E-state index in [1.807, 2.05) is 18.5 Å². The van der Waals surface area contributed by atoms with Crippen LogP contribution in [0.5, 0.6) is 0 Å². The molecule has 4 unspecified atom stereocenters. The van der Waals surface area contributed by atoms with E-state index in [0.29, 0.717) is 41.0 Å². The van der Waals surface area contributed by atoms with Crippen molar-refractivity contribution in [1.82, 2.24) is 100 Å². The highest BCUT2D eigenvalue weighted by Gasteiger charge is 2.40. The Labute approximate surface area is 544 Å². The van der Waals surface area contributed by atoms with Crippen LogP contribution in [0.25, 0.3) is 89.2 Å². The number of thiazole rings is 6. The van der Waals surface area contributed by atoms with Gasteiger partial charge in [0.2, 0.25) is 5.13 Å². The van der Waals surface area contributed by atoms with Crippen LogP contribution in [-0.4, -0.2) is 184 Å². The molecular weight excluding hydrogens is 1250 g/mol. The predicted molar refractivity (Wildman–Crippen MR) is 366 cm³/mol. The second-order valence-electron chi connectivity index (χ2n) is 24.8. The molecule has 3 saturated heterocycles.